The van der Waals surface area contributed by atoms with Gasteiger partial charge in [0.15, 0.2) is 0 Å². The Hall–Kier alpha value is -2.02. The topological polar surface area (TPSA) is 41.6 Å². The summed E-state index contributed by atoms with van der Waals surface area (Å²) in [5.74, 6) is 0.0195. The van der Waals surface area contributed by atoms with Gasteiger partial charge in [-0.15, -0.1) is 0 Å². The summed E-state index contributed by atoms with van der Waals surface area (Å²) < 4.78 is 44.3. The van der Waals surface area contributed by atoms with Crippen LogP contribution in [0.3, 0.4) is 0 Å². The number of halogens is 3. The molecular weight excluding hydrogens is 321 g/mol. The number of ether oxygens (including phenoxy) is 1. The van der Waals surface area contributed by atoms with Crippen LogP contribution in [0.25, 0.3) is 0 Å². The zero-order chi connectivity index (χ0) is 17.7. The van der Waals surface area contributed by atoms with Gasteiger partial charge < -0.3 is 15.0 Å². The summed E-state index contributed by atoms with van der Waals surface area (Å²) >= 11 is 0. The van der Waals surface area contributed by atoms with E-state index in [-0.39, 0.29) is 17.9 Å². The molecule has 1 aromatic rings. The van der Waals surface area contributed by atoms with Gasteiger partial charge in [0.25, 0.3) is 5.91 Å². The number of hydrogen-bond donors (Lipinski definition) is 1. The summed E-state index contributed by atoms with van der Waals surface area (Å²) in [7, 11) is 1.83. The maximum atomic E-state index is 13.0. The minimum atomic E-state index is -4.51. The molecule has 0 aromatic heterocycles. The van der Waals surface area contributed by atoms with Crippen LogP contribution in [0.5, 0.6) is 5.75 Å². The molecule has 1 heterocycles. The number of alkyl halides is 3. The molecule has 1 fully saturated rings. The van der Waals surface area contributed by atoms with Gasteiger partial charge in [-0.25, -0.2) is 0 Å². The zero-order valence-electron chi connectivity index (χ0n) is 13.5. The molecule has 0 radical (unpaired) electrons. The average molecular weight is 342 g/mol. The lowest BCUT2D eigenvalue weighted by atomic mass is 10.1. The first-order valence-corrected chi connectivity index (χ1v) is 7.75. The Morgan fingerprint density at radius 3 is 2.88 bits per heavy atom. The number of nitrogens with zero attached hydrogens (tertiary/aromatic N) is 1. The van der Waals surface area contributed by atoms with Crippen molar-refractivity contribution in [3.63, 3.8) is 0 Å². The minimum Gasteiger partial charge on any atom is -0.489 e. The summed E-state index contributed by atoms with van der Waals surface area (Å²) in [5, 5.41) is 3.05. The predicted molar refractivity (Wildman–Crippen MR) is 85.1 cm³/mol. The van der Waals surface area contributed by atoms with Crippen molar-refractivity contribution in [2.45, 2.75) is 12.6 Å². The highest BCUT2D eigenvalue weighted by atomic mass is 19.4. The molecule has 0 spiro atoms. The van der Waals surface area contributed by atoms with Crippen LogP contribution in [0.2, 0.25) is 0 Å². The molecule has 1 atom stereocenters. The van der Waals surface area contributed by atoms with Gasteiger partial charge >= 0.3 is 6.18 Å². The lowest BCUT2D eigenvalue weighted by Gasteiger charge is -2.20. The first kappa shape index (κ1) is 18.3. The quantitative estimate of drug-likeness (QED) is 0.808. The summed E-state index contributed by atoms with van der Waals surface area (Å²) in [6.07, 6.45) is -2.20. The number of carbonyl (C=O) groups excluding carboxylic acids is 1. The van der Waals surface area contributed by atoms with E-state index in [0.29, 0.717) is 19.0 Å². The van der Waals surface area contributed by atoms with Gasteiger partial charge in [0.1, 0.15) is 12.4 Å². The Kier molecular flexibility index (Phi) is 5.88. The first-order chi connectivity index (χ1) is 11.4. The van der Waals surface area contributed by atoms with E-state index in [9.17, 15) is 18.0 Å². The second-order valence-corrected chi connectivity index (χ2v) is 5.77. The van der Waals surface area contributed by atoms with Crippen molar-refractivity contribution >= 4 is 5.91 Å². The molecule has 0 bridgehead atoms. The van der Waals surface area contributed by atoms with E-state index in [2.05, 4.69) is 11.9 Å². The van der Waals surface area contributed by atoms with Crippen molar-refractivity contribution in [3.05, 3.63) is 42.0 Å². The normalized spacial score (nSPS) is 17.8. The molecule has 1 saturated heterocycles. The molecule has 1 N–H and O–H groups in total. The highest BCUT2D eigenvalue weighted by Gasteiger charge is 2.34. The highest BCUT2D eigenvalue weighted by molar-refractivity contribution is 5.97. The van der Waals surface area contributed by atoms with E-state index in [1.165, 1.54) is 12.1 Å². The SMILES string of the molecule is C=CCOc1ccc(C(F)(F)F)cc1C(=O)N1CCC(CNC)C1. The molecule has 7 heteroatoms. The van der Waals surface area contributed by atoms with Gasteiger partial charge in [-0.2, -0.15) is 13.2 Å². The van der Waals surface area contributed by atoms with Crippen LogP contribution in [0.15, 0.2) is 30.9 Å². The summed E-state index contributed by atoms with van der Waals surface area (Å²) in [5.41, 5.74) is -0.917. The molecule has 132 valence electrons. The second-order valence-electron chi connectivity index (χ2n) is 5.77. The van der Waals surface area contributed by atoms with Crippen LogP contribution in [-0.2, 0) is 6.18 Å². The van der Waals surface area contributed by atoms with Crippen LogP contribution in [0.4, 0.5) is 13.2 Å². The molecule has 1 amide bonds. The zero-order valence-corrected chi connectivity index (χ0v) is 13.5. The second kappa shape index (κ2) is 7.70. The van der Waals surface area contributed by atoms with Crippen LogP contribution in [0, 0.1) is 5.92 Å². The molecule has 24 heavy (non-hydrogen) atoms. The lowest BCUT2D eigenvalue weighted by molar-refractivity contribution is -0.137. The Bertz CT molecular complexity index is 602. The van der Waals surface area contributed by atoms with Crippen LogP contribution >= 0.6 is 0 Å². The van der Waals surface area contributed by atoms with Gasteiger partial charge in [0, 0.05) is 13.1 Å². The summed E-state index contributed by atoms with van der Waals surface area (Å²) in [6, 6.07) is 2.98. The molecule has 0 saturated carbocycles. The summed E-state index contributed by atoms with van der Waals surface area (Å²) in [6.45, 7) is 5.45. The monoisotopic (exact) mass is 342 g/mol. The molecule has 1 unspecified atom stereocenters. The van der Waals surface area contributed by atoms with Crippen LogP contribution < -0.4 is 10.1 Å². The van der Waals surface area contributed by atoms with Crippen molar-refractivity contribution in [2.75, 3.05) is 33.3 Å². The van der Waals surface area contributed by atoms with Crippen molar-refractivity contribution in [1.29, 1.82) is 0 Å². The molecule has 2 rings (SSSR count). The number of benzene rings is 1. The first-order valence-electron chi connectivity index (χ1n) is 7.75. The molecule has 4 nitrogen and oxygen atoms in total. The largest absolute Gasteiger partial charge is 0.489 e. The lowest BCUT2D eigenvalue weighted by Crippen LogP contribution is -2.31. The van der Waals surface area contributed by atoms with E-state index < -0.39 is 17.6 Å². The summed E-state index contributed by atoms with van der Waals surface area (Å²) in [4.78, 5) is 14.3. The maximum absolute atomic E-state index is 13.0. The minimum absolute atomic E-state index is 0.0585. The van der Waals surface area contributed by atoms with Gasteiger partial charge in [0.05, 0.1) is 11.1 Å². The fourth-order valence-corrected chi connectivity index (χ4v) is 2.79. The van der Waals surface area contributed by atoms with E-state index in [1.807, 2.05) is 7.05 Å². The fourth-order valence-electron chi connectivity index (χ4n) is 2.79. The highest BCUT2D eigenvalue weighted by Crippen LogP contribution is 2.33. The predicted octanol–water partition coefficient (Wildman–Crippen LogP) is 2.95. The van der Waals surface area contributed by atoms with E-state index in [1.54, 1.807) is 4.90 Å². The van der Waals surface area contributed by atoms with Gasteiger partial charge in [0.2, 0.25) is 0 Å². The number of amides is 1. The van der Waals surface area contributed by atoms with Gasteiger partial charge in [-0.05, 0) is 44.1 Å². The van der Waals surface area contributed by atoms with Crippen molar-refractivity contribution in [2.24, 2.45) is 5.92 Å². The Morgan fingerprint density at radius 1 is 1.50 bits per heavy atom. The molecule has 0 aliphatic carbocycles. The third-order valence-corrected chi connectivity index (χ3v) is 3.96. The molecule has 1 aromatic carbocycles. The molecule has 1 aliphatic heterocycles. The third-order valence-electron chi connectivity index (χ3n) is 3.96. The number of rotatable bonds is 6. The molecule has 1 aliphatic rings. The Morgan fingerprint density at radius 2 is 2.25 bits per heavy atom. The van der Waals surface area contributed by atoms with Crippen LogP contribution in [-0.4, -0.2) is 44.1 Å². The van der Waals surface area contributed by atoms with Crippen LogP contribution in [0.1, 0.15) is 22.3 Å². The Labute approximate surface area is 139 Å². The van der Waals surface area contributed by atoms with E-state index in [4.69, 9.17) is 4.74 Å². The standard InChI is InChI=1S/C17H21F3N2O2/c1-3-8-24-15-5-4-13(17(18,19)20)9-14(15)16(23)22-7-6-12(11-22)10-21-2/h3-5,9,12,21H,1,6-8,10-11H2,2H3. The van der Waals surface area contributed by atoms with Crippen molar-refractivity contribution in [3.8, 4) is 5.75 Å². The Balaban J connectivity index is 2.27. The van der Waals surface area contributed by atoms with Crippen molar-refractivity contribution < 1.29 is 22.7 Å². The number of likely N-dealkylation sites (tertiary alicyclic amines) is 1. The van der Waals surface area contributed by atoms with E-state index in [0.717, 1.165) is 25.1 Å². The number of carbonyl (C=O) groups is 1. The number of hydrogen-bond acceptors (Lipinski definition) is 3. The molecular formula is C17H21F3N2O2. The van der Waals surface area contributed by atoms with Gasteiger partial charge in [-0.1, -0.05) is 12.7 Å². The number of nitrogens with one attached hydrogen (secondary N) is 1. The average Bonchev–Trinajstić information content (AvgIpc) is 3.00. The van der Waals surface area contributed by atoms with Gasteiger partial charge in [-0.3, -0.25) is 4.79 Å². The van der Waals surface area contributed by atoms with E-state index >= 15 is 0 Å². The van der Waals surface area contributed by atoms with Crippen molar-refractivity contribution in [1.82, 2.24) is 10.2 Å². The third kappa shape index (κ3) is 4.29. The smallest absolute Gasteiger partial charge is 0.416 e. The fraction of sp³-hybridized carbons (Fsp3) is 0.471. The maximum Gasteiger partial charge on any atom is 0.416 e.